The molecule has 1 atom stereocenters. The molecule has 1 nitrogen and oxygen atoms in total. The summed E-state index contributed by atoms with van der Waals surface area (Å²) in [4.78, 5) is 0. The number of aliphatic hydroxyl groups is 1. The summed E-state index contributed by atoms with van der Waals surface area (Å²) in [6.45, 7) is 8.60. The van der Waals surface area contributed by atoms with E-state index in [4.69, 9.17) is 0 Å². The summed E-state index contributed by atoms with van der Waals surface area (Å²) in [5.74, 6) is -0.0208. The molecular formula is C8H21OP. The molecule has 1 unspecified atom stereocenters. The topological polar surface area (TPSA) is 20.2 Å². The van der Waals surface area contributed by atoms with Crippen molar-refractivity contribution >= 4 is 7.26 Å². The van der Waals surface area contributed by atoms with Gasteiger partial charge in [-0.25, -0.2) is 0 Å². The molecule has 0 aliphatic rings. The summed E-state index contributed by atoms with van der Waals surface area (Å²) in [6.07, 6.45) is 3.66. The van der Waals surface area contributed by atoms with Crippen molar-refractivity contribution in [3.8, 4) is 0 Å². The van der Waals surface area contributed by atoms with E-state index in [9.17, 15) is 5.11 Å². The summed E-state index contributed by atoms with van der Waals surface area (Å²) >= 11 is 0. The zero-order valence-corrected chi connectivity index (χ0v) is 8.65. The average Bonchev–Trinajstić information content (AvgIpc) is 1.92. The molecule has 0 aromatic rings. The van der Waals surface area contributed by atoms with Gasteiger partial charge in [-0.1, -0.05) is 0 Å². The molecule has 0 bridgehead atoms. The van der Waals surface area contributed by atoms with Crippen LogP contribution in [0.5, 0.6) is 0 Å². The van der Waals surface area contributed by atoms with Crippen LogP contribution in [0.4, 0.5) is 0 Å². The van der Waals surface area contributed by atoms with E-state index in [-0.39, 0.29) is 5.85 Å². The van der Waals surface area contributed by atoms with Crippen LogP contribution in [0, 0.1) is 0 Å². The zero-order chi connectivity index (χ0) is 8.20. The standard InChI is InChI=1S/C8H21OP/c1-5-10(6-2,7-3)8(4)9/h8-10H,5-7H2,1-4H3. The molecule has 0 aromatic carbocycles. The van der Waals surface area contributed by atoms with Gasteiger partial charge < -0.3 is 0 Å². The first kappa shape index (κ1) is 10.4. The second-order valence-corrected chi connectivity index (χ2v) is 8.78. The monoisotopic (exact) mass is 164 g/mol. The van der Waals surface area contributed by atoms with E-state index in [1.165, 1.54) is 18.5 Å². The third-order valence-corrected chi connectivity index (χ3v) is 9.00. The first-order valence-corrected chi connectivity index (χ1v) is 7.00. The third kappa shape index (κ3) is 1.93. The second-order valence-electron chi connectivity index (χ2n) is 3.10. The van der Waals surface area contributed by atoms with Gasteiger partial charge in [-0.2, -0.15) is 0 Å². The molecule has 0 rings (SSSR count). The van der Waals surface area contributed by atoms with Gasteiger partial charge in [0, 0.05) is 0 Å². The van der Waals surface area contributed by atoms with Crippen molar-refractivity contribution in [3.63, 3.8) is 0 Å². The minimum atomic E-state index is -1.24. The molecule has 0 spiro atoms. The molecule has 64 valence electrons. The van der Waals surface area contributed by atoms with Gasteiger partial charge in [-0.3, -0.25) is 0 Å². The SMILES string of the molecule is CC[PH](CC)(CC)C(C)O. The van der Waals surface area contributed by atoms with Gasteiger partial charge in [-0.05, 0) is 0 Å². The molecule has 0 fully saturated rings. The van der Waals surface area contributed by atoms with Gasteiger partial charge in [-0.15, -0.1) is 0 Å². The molecule has 0 amide bonds. The van der Waals surface area contributed by atoms with Crippen molar-refractivity contribution in [2.45, 2.75) is 33.5 Å². The van der Waals surface area contributed by atoms with E-state index < -0.39 is 7.26 Å². The van der Waals surface area contributed by atoms with Crippen LogP contribution in [-0.4, -0.2) is 29.4 Å². The Bertz CT molecular complexity index is 79.0. The summed E-state index contributed by atoms with van der Waals surface area (Å²) in [5.41, 5.74) is 0. The van der Waals surface area contributed by atoms with Crippen molar-refractivity contribution in [1.82, 2.24) is 0 Å². The Kier molecular flexibility index (Phi) is 4.47. The van der Waals surface area contributed by atoms with Crippen LogP contribution in [0.3, 0.4) is 0 Å². The number of hydrogen-bond acceptors (Lipinski definition) is 1. The number of hydrogen-bond donors (Lipinski definition) is 1. The fourth-order valence-corrected chi connectivity index (χ4v) is 4.91. The summed E-state index contributed by atoms with van der Waals surface area (Å²) in [7, 11) is -1.24. The van der Waals surface area contributed by atoms with Crippen molar-refractivity contribution in [1.29, 1.82) is 0 Å². The Morgan fingerprint density at radius 3 is 1.40 bits per heavy atom. The Morgan fingerprint density at radius 1 is 1.10 bits per heavy atom. The maximum absolute atomic E-state index is 9.52. The van der Waals surface area contributed by atoms with E-state index in [2.05, 4.69) is 20.8 Å². The third-order valence-electron chi connectivity index (χ3n) is 3.00. The molecule has 0 saturated heterocycles. The molecule has 0 aromatic heterocycles. The van der Waals surface area contributed by atoms with E-state index in [1.807, 2.05) is 6.92 Å². The Morgan fingerprint density at radius 2 is 1.40 bits per heavy atom. The van der Waals surface area contributed by atoms with Crippen molar-refractivity contribution in [3.05, 3.63) is 0 Å². The fraction of sp³-hybridized carbons (Fsp3) is 1.00. The van der Waals surface area contributed by atoms with Crippen molar-refractivity contribution in [2.75, 3.05) is 18.5 Å². The van der Waals surface area contributed by atoms with Crippen LogP contribution < -0.4 is 0 Å². The van der Waals surface area contributed by atoms with Crippen LogP contribution >= 0.6 is 7.26 Å². The molecule has 0 saturated carbocycles. The van der Waals surface area contributed by atoms with Crippen LogP contribution in [0.2, 0.25) is 0 Å². The molecule has 0 radical (unpaired) electrons. The molecule has 10 heavy (non-hydrogen) atoms. The van der Waals surface area contributed by atoms with Crippen LogP contribution in [0.15, 0.2) is 0 Å². The van der Waals surface area contributed by atoms with E-state index in [0.29, 0.717) is 0 Å². The van der Waals surface area contributed by atoms with Gasteiger partial charge >= 0.3 is 64.4 Å². The normalized spacial score (nSPS) is 16.9. The molecular weight excluding hydrogens is 143 g/mol. The van der Waals surface area contributed by atoms with Gasteiger partial charge in [0.25, 0.3) is 0 Å². The van der Waals surface area contributed by atoms with E-state index in [0.717, 1.165) is 0 Å². The molecule has 2 heteroatoms. The predicted octanol–water partition coefficient (Wildman–Crippen LogP) is 2.13. The maximum atomic E-state index is 9.52. The van der Waals surface area contributed by atoms with E-state index >= 15 is 0 Å². The quantitative estimate of drug-likeness (QED) is 0.631. The zero-order valence-electron chi connectivity index (χ0n) is 7.65. The molecule has 1 N–H and O–H groups in total. The van der Waals surface area contributed by atoms with Gasteiger partial charge in [0.2, 0.25) is 0 Å². The Labute approximate surface area is 65.2 Å². The first-order chi connectivity index (χ1) is 4.63. The van der Waals surface area contributed by atoms with Gasteiger partial charge in [0.05, 0.1) is 0 Å². The Balaban J connectivity index is 4.15. The Hall–Kier alpha value is 0.390. The van der Waals surface area contributed by atoms with Gasteiger partial charge in [0.15, 0.2) is 0 Å². The average molecular weight is 164 g/mol. The number of rotatable bonds is 4. The molecule has 0 heterocycles. The fourth-order valence-electron chi connectivity index (χ4n) is 1.64. The van der Waals surface area contributed by atoms with E-state index in [1.54, 1.807) is 0 Å². The summed E-state index contributed by atoms with van der Waals surface area (Å²) in [6, 6.07) is 0. The predicted molar refractivity (Wildman–Crippen MR) is 51.6 cm³/mol. The van der Waals surface area contributed by atoms with Crippen LogP contribution in [0.1, 0.15) is 27.7 Å². The minimum absolute atomic E-state index is 0.0208. The van der Waals surface area contributed by atoms with Crippen LogP contribution in [0.25, 0.3) is 0 Å². The van der Waals surface area contributed by atoms with Crippen molar-refractivity contribution in [2.24, 2.45) is 0 Å². The van der Waals surface area contributed by atoms with Gasteiger partial charge in [0.1, 0.15) is 0 Å². The van der Waals surface area contributed by atoms with Crippen molar-refractivity contribution < 1.29 is 5.11 Å². The number of aliphatic hydroxyl groups excluding tert-OH is 1. The summed E-state index contributed by atoms with van der Waals surface area (Å²) in [5, 5.41) is 9.52. The van der Waals surface area contributed by atoms with Crippen LogP contribution in [-0.2, 0) is 0 Å². The molecule has 0 aliphatic heterocycles. The second kappa shape index (κ2) is 4.31. The molecule has 0 aliphatic carbocycles. The summed E-state index contributed by atoms with van der Waals surface area (Å²) < 4.78 is 0. The first-order valence-electron chi connectivity index (χ1n) is 4.31.